The van der Waals surface area contributed by atoms with Crippen molar-refractivity contribution in [3.8, 4) is 0 Å². The summed E-state index contributed by atoms with van der Waals surface area (Å²) in [6.07, 6.45) is -5.72. The van der Waals surface area contributed by atoms with E-state index in [0.29, 0.717) is 11.1 Å². The van der Waals surface area contributed by atoms with Crippen LogP contribution in [0.15, 0.2) is 60.0 Å². The number of halogens is 3. The lowest BCUT2D eigenvalue weighted by Crippen LogP contribution is -2.40. The van der Waals surface area contributed by atoms with Crippen molar-refractivity contribution in [3.05, 3.63) is 81.8 Å². The molecule has 0 aliphatic heterocycles. The van der Waals surface area contributed by atoms with Gasteiger partial charge in [0.05, 0.1) is 31.0 Å². The van der Waals surface area contributed by atoms with Crippen LogP contribution in [0.5, 0.6) is 0 Å². The van der Waals surface area contributed by atoms with Crippen molar-refractivity contribution in [1.82, 2.24) is 10.3 Å². The van der Waals surface area contributed by atoms with Crippen LogP contribution in [0.1, 0.15) is 27.9 Å². The third-order valence-corrected chi connectivity index (χ3v) is 6.77. The maximum absolute atomic E-state index is 13.3. The molecule has 0 aliphatic rings. The standard InChI is InChI=1S/C24H24F3N3O6S2/c1-36-23(32)19(11-15-6-3-2-4-7-15)21(31)29-20(22-28-18(14-37-22)13-24(25,26)27)12-16-8-5-9-17(10-16)30-38(33,34)35/h2-10,14,19-20,30H,11-13H2,1H3,(H,29,31)(H,33,34,35). The summed E-state index contributed by atoms with van der Waals surface area (Å²) in [5.41, 5.74) is 0.963. The van der Waals surface area contributed by atoms with Gasteiger partial charge < -0.3 is 10.1 Å². The van der Waals surface area contributed by atoms with Gasteiger partial charge in [-0.05, 0) is 36.1 Å². The highest BCUT2D eigenvalue weighted by molar-refractivity contribution is 7.87. The Morgan fingerprint density at radius 3 is 2.39 bits per heavy atom. The molecule has 0 saturated heterocycles. The van der Waals surface area contributed by atoms with Crippen molar-refractivity contribution in [2.75, 3.05) is 11.8 Å². The van der Waals surface area contributed by atoms with E-state index in [1.165, 1.54) is 23.6 Å². The van der Waals surface area contributed by atoms with Crippen LogP contribution in [-0.4, -0.2) is 43.1 Å². The normalized spacial score (nSPS) is 13.4. The molecule has 2 aromatic carbocycles. The zero-order chi connectivity index (χ0) is 27.9. The number of alkyl halides is 3. The van der Waals surface area contributed by atoms with Gasteiger partial charge in [0.25, 0.3) is 0 Å². The predicted molar refractivity (Wildman–Crippen MR) is 134 cm³/mol. The van der Waals surface area contributed by atoms with Crippen molar-refractivity contribution < 1.29 is 40.5 Å². The Hall–Kier alpha value is -3.49. The third kappa shape index (κ3) is 9.11. The molecule has 3 rings (SSSR count). The molecule has 3 N–H and O–H groups in total. The van der Waals surface area contributed by atoms with E-state index in [4.69, 9.17) is 9.29 Å². The fraction of sp³-hybridized carbons (Fsp3) is 0.292. The van der Waals surface area contributed by atoms with Gasteiger partial charge in [-0.15, -0.1) is 11.3 Å². The second kappa shape index (κ2) is 12.4. The summed E-state index contributed by atoms with van der Waals surface area (Å²) in [6.45, 7) is 0. The average molecular weight is 572 g/mol. The quantitative estimate of drug-likeness (QED) is 0.181. The van der Waals surface area contributed by atoms with Crippen LogP contribution in [0.2, 0.25) is 0 Å². The van der Waals surface area contributed by atoms with Crippen LogP contribution in [0.25, 0.3) is 0 Å². The SMILES string of the molecule is COC(=O)C(Cc1ccccc1)C(=O)NC(Cc1cccc(NS(=O)(=O)O)c1)c1nc(CC(F)(F)F)cs1. The first-order valence-corrected chi connectivity index (χ1v) is 13.4. The van der Waals surface area contributed by atoms with Gasteiger partial charge >= 0.3 is 22.4 Å². The van der Waals surface area contributed by atoms with Gasteiger partial charge in [0.15, 0.2) is 0 Å². The van der Waals surface area contributed by atoms with E-state index in [1.54, 1.807) is 36.4 Å². The molecule has 1 aromatic heterocycles. The molecular weight excluding hydrogens is 547 g/mol. The van der Waals surface area contributed by atoms with Gasteiger partial charge in [-0.3, -0.25) is 18.9 Å². The summed E-state index contributed by atoms with van der Waals surface area (Å²) in [6, 6.07) is 13.6. The second-order valence-electron chi connectivity index (χ2n) is 8.28. The summed E-state index contributed by atoms with van der Waals surface area (Å²) in [5.74, 6) is -2.75. The minimum atomic E-state index is -4.55. The fourth-order valence-corrected chi connectivity index (χ4v) is 4.96. The molecule has 0 saturated carbocycles. The Morgan fingerprint density at radius 1 is 1.08 bits per heavy atom. The highest BCUT2D eigenvalue weighted by atomic mass is 32.2. The van der Waals surface area contributed by atoms with Crippen molar-refractivity contribution in [2.45, 2.75) is 31.5 Å². The molecule has 38 heavy (non-hydrogen) atoms. The van der Waals surface area contributed by atoms with Gasteiger partial charge in [0.1, 0.15) is 10.9 Å². The Kier molecular flexibility index (Phi) is 9.46. The molecular formula is C24H24F3N3O6S2. The van der Waals surface area contributed by atoms with Crippen molar-refractivity contribution in [3.63, 3.8) is 0 Å². The van der Waals surface area contributed by atoms with Gasteiger partial charge in [-0.25, -0.2) is 4.98 Å². The summed E-state index contributed by atoms with van der Waals surface area (Å²) in [5, 5.41) is 4.10. The van der Waals surface area contributed by atoms with E-state index in [0.717, 1.165) is 18.4 Å². The number of hydrogen-bond donors (Lipinski definition) is 3. The van der Waals surface area contributed by atoms with E-state index in [2.05, 4.69) is 10.3 Å². The zero-order valence-corrected chi connectivity index (χ0v) is 21.6. The van der Waals surface area contributed by atoms with Gasteiger partial charge in [-0.2, -0.15) is 21.6 Å². The number of rotatable bonds is 11. The average Bonchev–Trinajstić information content (AvgIpc) is 3.28. The molecule has 0 bridgehead atoms. The number of hydrogen-bond acceptors (Lipinski definition) is 7. The Balaban J connectivity index is 1.90. The maximum atomic E-state index is 13.3. The van der Waals surface area contributed by atoms with Gasteiger partial charge in [0, 0.05) is 5.38 Å². The smallest absolute Gasteiger partial charge is 0.394 e. The summed E-state index contributed by atoms with van der Waals surface area (Å²) in [4.78, 5) is 29.8. The molecule has 3 aromatic rings. The fourth-order valence-electron chi connectivity index (χ4n) is 3.66. The van der Waals surface area contributed by atoms with Gasteiger partial charge in [0.2, 0.25) is 5.91 Å². The Morgan fingerprint density at radius 2 is 1.76 bits per heavy atom. The van der Waals surface area contributed by atoms with Crippen molar-refractivity contribution >= 4 is 39.2 Å². The maximum Gasteiger partial charge on any atom is 0.394 e. The number of methoxy groups -OCH3 is 1. The zero-order valence-electron chi connectivity index (χ0n) is 19.9. The Bertz CT molecular complexity index is 1360. The lowest BCUT2D eigenvalue weighted by molar-refractivity contribution is -0.150. The van der Waals surface area contributed by atoms with E-state index >= 15 is 0 Å². The minimum absolute atomic E-state index is 0.00899. The van der Waals surface area contributed by atoms with Crippen LogP contribution in [0, 0.1) is 5.92 Å². The predicted octanol–water partition coefficient (Wildman–Crippen LogP) is 3.89. The number of nitrogens with one attached hydrogen (secondary N) is 2. The summed E-state index contributed by atoms with van der Waals surface area (Å²) < 4.78 is 76.8. The number of aromatic nitrogens is 1. The number of benzene rings is 2. The van der Waals surface area contributed by atoms with Gasteiger partial charge in [-0.1, -0.05) is 42.5 Å². The molecule has 0 aliphatic carbocycles. The lowest BCUT2D eigenvalue weighted by Gasteiger charge is -2.21. The minimum Gasteiger partial charge on any atom is -0.468 e. The molecule has 0 radical (unpaired) electrons. The van der Waals surface area contributed by atoms with Crippen LogP contribution in [0.4, 0.5) is 18.9 Å². The number of esters is 1. The van der Waals surface area contributed by atoms with Crippen molar-refractivity contribution in [1.29, 1.82) is 0 Å². The number of thiazole rings is 1. The molecule has 0 spiro atoms. The number of carbonyl (C=O) groups excluding carboxylic acids is 2. The Labute approximate surface area is 220 Å². The summed E-state index contributed by atoms with van der Waals surface area (Å²) in [7, 11) is -3.41. The molecule has 204 valence electrons. The number of amides is 1. The molecule has 2 unspecified atom stereocenters. The van der Waals surface area contributed by atoms with Crippen molar-refractivity contribution in [2.24, 2.45) is 5.92 Å². The molecule has 9 nitrogen and oxygen atoms in total. The first-order chi connectivity index (χ1) is 17.8. The number of carbonyl (C=O) groups is 2. The van der Waals surface area contributed by atoms with E-state index in [-0.39, 0.29) is 29.2 Å². The molecule has 0 fully saturated rings. The first kappa shape index (κ1) is 29.1. The highest BCUT2D eigenvalue weighted by Crippen LogP contribution is 2.28. The molecule has 14 heteroatoms. The third-order valence-electron chi connectivity index (χ3n) is 5.26. The van der Waals surface area contributed by atoms with E-state index in [1.807, 2.05) is 4.72 Å². The number of nitrogens with zero attached hydrogens (tertiary/aromatic N) is 1. The van der Waals surface area contributed by atoms with Crippen LogP contribution < -0.4 is 10.0 Å². The largest absolute Gasteiger partial charge is 0.468 e. The molecule has 1 heterocycles. The van der Waals surface area contributed by atoms with E-state index in [9.17, 15) is 31.2 Å². The lowest BCUT2D eigenvalue weighted by atomic mass is 9.97. The number of ether oxygens (including phenoxy) is 1. The molecule has 1 amide bonds. The number of anilines is 1. The van der Waals surface area contributed by atoms with Crippen LogP contribution in [0.3, 0.4) is 0 Å². The van der Waals surface area contributed by atoms with E-state index < -0.39 is 46.7 Å². The second-order valence-corrected chi connectivity index (χ2v) is 10.3. The topological polar surface area (TPSA) is 135 Å². The summed E-state index contributed by atoms with van der Waals surface area (Å²) >= 11 is 0.910. The highest BCUT2D eigenvalue weighted by Gasteiger charge is 2.32. The van der Waals surface area contributed by atoms with Crippen LogP contribution >= 0.6 is 11.3 Å². The first-order valence-electron chi connectivity index (χ1n) is 11.1. The monoisotopic (exact) mass is 571 g/mol. The molecule has 2 atom stereocenters. The van der Waals surface area contributed by atoms with Crippen LogP contribution in [-0.2, 0) is 43.9 Å².